The molecule has 0 bridgehead atoms. The normalized spacial score (nSPS) is 11.4. The second-order valence-electron chi connectivity index (χ2n) is 4.50. The van der Waals surface area contributed by atoms with Crippen LogP contribution in [0.25, 0.3) is 0 Å². The zero-order valence-corrected chi connectivity index (χ0v) is 13.4. The van der Waals surface area contributed by atoms with E-state index in [1.54, 1.807) is 18.2 Å². The Morgan fingerprint density at radius 3 is 2.43 bits per heavy atom. The van der Waals surface area contributed by atoms with Gasteiger partial charge in [0.05, 0.1) is 22.2 Å². The molecule has 2 aromatic carbocycles. The summed E-state index contributed by atoms with van der Waals surface area (Å²) in [6.07, 6.45) is 0. The summed E-state index contributed by atoms with van der Waals surface area (Å²) in [5.74, 6) is 0. The SMILES string of the molecule is Cc1ccc(Cl)c(NS(=O)(=O)c2ccc(CO)c(Cl)c2)c1. The number of anilines is 1. The van der Waals surface area contributed by atoms with Crippen molar-refractivity contribution in [3.63, 3.8) is 0 Å². The third kappa shape index (κ3) is 3.68. The van der Waals surface area contributed by atoms with Gasteiger partial charge in [0.25, 0.3) is 10.0 Å². The first-order valence-corrected chi connectivity index (χ1v) is 8.25. The summed E-state index contributed by atoms with van der Waals surface area (Å²) in [6.45, 7) is 1.58. The Morgan fingerprint density at radius 2 is 1.81 bits per heavy atom. The predicted molar refractivity (Wildman–Crippen MR) is 84.4 cm³/mol. The number of hydrogen-bond acceptors (Lipinski definition) is 3. The van der Waals surface area contributed by atoms with Crippen LogP contribution in [0.2, 0.25) is 10.0 Å². The van der Waals surface area contributed by atoms with Crippen molar-refractivity contribution in [1.82, 2.24) is 0 Å². The monoisotopic (exact) mass is 345 g/mol. The second kappa shape index (κ2) is 6.23. The van der Waals surface area contributed by atoms with Crippen LogP contribution in [0.4, 0.5) is 5.69 Å². The first kappa shape index (κ1) is 16.1. The maximum Gasteiger partial charge on any atom is 0.261 e. The number of hydrogen-bond donors (Lipinski definition) is 2. The highest BCUT2D eigenvalue weighted by Crippen LogP contribution is 2.27. The van der Waals surface area contributed by atoms with Crippen LogP contribution in [-0.2, 0) is 16.6 Å². The molecule has 0 aromatic heterocycles. The van der Waals surface area contributed by atoms with Crippen molar-refractivity contribution >= 4 is 38.9 Å². The molecule has 2 N–H and O–H groups in total. The molecule has 0 heterocycles. The molecule has 0 aliphatic rings. The van der Waals surface area contributed by atoms with Gasteiger partial charge in [-0.05, 0) is 42.3 Å². The van der Waals surface area contributed by atoms with Crippen molar-refractivity contribution in [2.75, 3.05) is 4.72 Å². The third-order valence-corrected chi connectivity index (χ3v) is 4.92. The molecule has 0 saturated heterocycles. The molecule has 0 atom stereocenters. The quantitative estimate of drug-likeness (QED) is 0.889. The fourth-order valence-corrected chi connectivity index (χ4v) is 3.37. The Labute approximate surface area is 133 Å². The smallest absolute Gasteiger partial charge is 0.261 e. The van der Waals surface area contributed by atoms with E-state index in [9.17, 15) is 8.42 Å². The van der Waals surface area contributed by atoms with E-state index in [1.165, 1.54) is 18.2 Å². The van der Waals surface area contributed by atoms with E-state index in [1.807, 2.05) is 6.92 Å². The number of nitrogens with one attached hydrogen (secondary N) is 1. The minimum atomic E-state index is -3.80. The molecule has 0 aliphatic heterocycles. The Hall–Kier alpha value is -1.27. The number of benzene rings is 2. The van der Waals surface area contributed by atoms with E-state index in [0.29, 0.717) is 16.3 Å². The van der Waals surface area contributed by atoms with E-state index in [4.69, 9.17) is 28.3 Å². The first-order valence-electron chi connectivity index (χ1n) is 6.02. The van der Waals surface area contributed by atoms with Crippen molar-refractivity contribution in [1.29, 1.82) is 0 Å². The zero-order valence-electron chi connectivity index (χ0n) is 11.1. The van der Waals surface area contributed by atoms with Crippen LogP contribution in [-0.4, -0.2) is 13.5 Å². The average molecular weight is 346 g/mol. The molecule has 0 unspecified atom stereocenters. The number of aryl methyl sites for hydroxylation is 1. The highest BCUT2D eigenvalue weighted by Gasteiger charge is 2.17. The maximum atomic E-state index is 12.3. The number of aliphatic hydroxyl groups excluding tert-OH is 1. The molecule has 112 valence electrons. The van der Waals surface area contributed by atoms with Crippen LogP contribution in [0.5, 0.6) is 0 Å². The Kier molecular flexibility index (Phi) is 4.78. The van der Waals surface area contributed by atoms with Gasteiger partial charge in [0.1, 0.15) is 0 Å². The van der Waals surface area contributed by atoms with Gasteiger partial charge in [-0.15, -0.1) is 0 Å². The average Bonchev–Trinajstić information content (AvgIpc) is 2.42. The van der Waals surface area contributed by atoms with E-state index in [0.717, 1.165) is 5.56 Å². The van der Waals surface area contributed by atoms with Crippen LogP contribution in [0.3, 0.4) is 0 Å². The van der Waals surface area contributed by atoms with Gasteiger partial charge in [0, 0.05) is 5.02 Å². The lowest BCUT2D eigenvalue weighted by Crippen LogP contribution is -2.13. The van der Waals surface area contributed by atoms with E-state index in [-0.39, 0.29) is 16.5 Å². The fourth-order valence-electron chi connectivity index (χ4n) is 1.74. The highest BCUT2D eigenvalue weighted by atomic mass is 35.5. The van der Waals surface area contributed by atoms with Gasteiger partial charge in [-0.1, -0.05) is 35.3 Å². The molecular formula is C14H13Cl2NO3S. The summed E-state index contributed by atoms with van der Waals surface area (Å²) in [7, 11) is -3.80. The van der Waals surface area contributed by atoms with E-state index in [2.05, 4.69) is 4.72 Å². The molecule has 4 nitrogen and oxygen atoms in total. The molecule has 0 amide bonds. The first-order chi connectivity index (χ1) is 9.83. The lowest BCUT2D eigenvalue weighted by molar-refractivity contribution is 0.282. The van der Waals surface area contributed by atoms with Crippen molar-refractivity contribution < 1.29 is 13.5 Å². The molecule has 0 aliphatic carbocycles. The zero-order chi connectivity index (χ0) is 15.6. The van der Waals surface area contributed by atoms with Gasteiger partial charge < -0.3 is 5.11 Å². The number of aliphatic hydroxyl groups is 1. The molecule has 0 spiro atoms. The number of halogens is 2. The molecule has 7 heteroatoms. The third-order valence-electron chi connectivity index (χ3n) is 2.87. The lowest BCUT2D eigenvalue weighted by Gasteiger charge is -2.11. The largest absolute Gasteiger partial charge is 0.392 e. The van der Waals surface area contributed by atoms with Gasteiger partial charge in [-0.3, -0.25) is 4.72 Å². The fraction of sp³-hybridized carbons (Fsp3) is 0.143. The number of rotatable bonds is 4. The van der Waals surface area contributed by atoms with Gasteiger partial charge in [0.15, 0.2) is 0 Å². The molecule has 21 heavy (non-hydrogen) atoms. The van der Waals surface area contributed by atoms with Crippen LogP contribution >= 0.6 is 23.2 Å². The molecule has 2 aromatic rings. The van der Waals surface area contributed by atoms with Crippen LogP contribution < -0.4 is 4.72 Å². The summed E-state index contributed by atoms with van der Waals surface area (Å²) < 4.78 is 27.1. The minimum Gasteiger partial charge on any atom is -0.392 e. The second-order valence-corrected chi connectivity index (χ2v) is 7.00. The van der Waals surface area contributed by atoms with Gasteiger partial charge >= 0.3 is 0 Å². The summed E-state index contributed by atoms with van der Waals surface area (Å²) in [5.41, 5.74) is 1.65. The summed E-state index contributed by atoms with van der Waals surface area (Å²) in [5, 5.41) is 9.55. The Morgan fingerprint density at radius 1 is 1.10 bits per heavy atom. The predicted octanol–water partition coefficient (Wildman–Crippen LogP) is 3.59. The maximum absolute atomic E-state index is 12.3. The van der Waals surface area contributed by atoms with Gasteiger partial charge in [-0.25, -0.2) is 8.42 Å². The topological polar surface area (TPSA) is 66.4 Å². The molecule has 0 saturated carbocycles. The minimum absolute atomic E-state index is 0.00210. The summed E-state index contributed by atoms with van der Waals surface area (Å²) >= 11 is 11.9. The van der Waals surface area contributed by atoms with Crippen LogP contribution in [0, 0.1) is 6.92 Å². The molecule has 0 fully saturated rings. The standard InChI is InChI=1S/C14H13Cl2NO3S/c1-9-2-5-12(15)14(6-9)17-21(19,20)11-4-3-10(8-18)13(16)7-11/h2-7,17-18H,8H2,1H3. The van der Waals surface area contributed by atoms with Crippen molar-refractivity contribution in [2.24, 2.45) is 0 Å². The van der Waals surface area contributed by atoms with Gasteiger partial charge in [0.2, 0.25) is 0 Å². The number of sulfonamides is 1. The summed E-state index contributed by atoms with van der Waals surface area (Å²) in [4.78, 5) is 0.00210. The molecular weight excluding hydrogens is 333 g/mol. The molecule has 2 rings (SSSR count). The van der Waals surface area contributed by atoms with E-state index >= 15 is 0 Å². The van der Waals surface area contributed by atoms with Gasteiger partial charge in [-0.2, -0.15) is 0 Å². The van der Waals surface area contributed by atoms with Crippen LogP contribution in [0.15, 0.2) is 41.3 Å². The Balaban J connectivity index is 2.38. The summed E-state index contributed by atoms with van der Waals surface area (Å²) in [6, 6.07) is 9.19. The molecule has 0 radical (unpaired) electrons. The van der Waals surface area contributed by atoms with Crippen molar-refractivity contribution in [2.45, 2.75) is 18.4 Å². The van der Waals surface area contributed by atoms with Crippen molar-refractivity contribution in [3.05, 3.63) is 57.6 Å². The lowest BCUT2D eigenvalue weighted by atomic mass is 10.2. The Bertz CT molecular complexity index is 776. The van der Waals surface area contributed by atoms with E-state index < -0.39 is 10.0 Å². The van der Waals surface area contributed by atoms with Crippen LogP contribution in [0.1, 0.15) is 11.1 Å². The highest BCUT2D eigenvalue weighted by molar-refractivity contribution is 7.92. The van der Waals surface area contributed by atoms with Crippen molar-refractivity contribution in [3.8, 4) is 0 Å².